The van der Waals surface area contributed by atoms with Gasteiger partial charge in [0.2, 0.25) is 5.91 Å². The Labute approximate surface area is 124 Å². The summed E-state index contributed by atoms with van der Waals surface area (Å²) in [6.07, 6.45) is 3.18. The summed E-state index contributed by atoms with van der Waals surface area (Å²) in [6.45, 7) is 7.02. The van der Waals surface area contributed by atoms with E-state index >= 15 is 0 Å². The number of amides is 1. The van der Waals surface area contributed by atoms with E-state index in [9.17, 15) is 4.79 Å². The lowest BCUT2D eigenvalue weighted by Gasteiger charge is -2.35. The topological polar surface area (TPSA) is 49.6 Å². The lowest BCUT2D eigenvalue weighted by Crippen LogP contribution is -2.50. The van der Waals surface area contributed by atoms with Crippen molar-refractivity contribution in [2.45, 2.75) is 39.2 Å². The number of likely N-dealkylation sites (tertiary alicyclic amines) is 1. The second-order valence-corrected chi connectivity index (χ2v) is 5.94. The number of halogens is 1. The van der Waals surface area contributed by atoms with Crippen LogP contribution in [0.15, 0.2) is 0 Å². The van der Waals surface area contributed by atoms with Gasteiger partial charge in [0.1, 0.15) is 0 Å². The van der Waals surface area contributed by atoms with E-state index in [2.05, 4.69) is 32.8 Å². The Morgan fingerprint density at radius 3 is 2.32 bits per heavy atom. The normalized spacial score (nSPS) is 20.0. The van der Waals surface area contributed by atoms with E-state index < -0.39 is 0 Å². The molecule has 0 aromatic rings. The fourth-order valence-corrected chi connectivity index (χ4v) is 2.56. The van der Waals surface area contributed by atoms with E-state index in [-0.39, 0.29) is 30.3 Å². The van der Waals surface area contributed by atoms with E-state index in [4.69, 9.17) is 5.73 Å². The van der Waals surface area contributed by atoms with Gasteiger partial charge in [-0.2, -0.15) is 0 Å². The Kier molecular flexibility index (Phi) is 8.62. The zero-order valence-corrected chi connectivity index (χ0v) is 13.6. The molecule has 2 unspecified atom stereocenters. The minimum atomic E-state index is -0.319. The van der Waals surface area contributed by atoms with Crippen molar-refractivity contribution in [1.82, 2.24) is 9.80 Å². The summed E-state index contributed by atoms with van der Waals surface area (Å²) in [6, 6.07) is -0.319. The highest BCUT2D eigenvalue weighted by atomic mass is 35.5. The van der Waals surface area contributed by atoms with Crippen LogP contribution in [0.25, 0.3) is 0 Å². The third kappa shape index (κ3) is 5.67. The Bertz CT molecular complexity index is 265. The van der Waals surface area contributed by atoms with Gasteiger partial charge in [-0.1, -0.05) is 20.3 Å². The maximum atomic E-state index is 12.2. The van der Waals surface area contributed by atoms with E-state index in [0.29, 0.717) is 0 Å². The van der Waals surface area contributed by atoms with Crippen LogP contribution in [0.4, 0.5) is 0 Å². The SMILES string of the molecule is CCC(C)C(N)C(=O)N1CCC(CN(C)C)CC1.Cl. The Morgan fingerprint density at radius 2 is 1.89 bits per heavy atom. The van der Waals surface area contributed by atoms with Crippen molar-refractivity contribution < 1.29 is 4.79 Å². The van der Waals surface area contributed by atoms with Crippen molar-refractivity contribution in [2.24, 2.45) is 17.6 Å². The maximum absolute atomic E-state index is 12.2. The fraction of sp³-hybridized carbons (Fsp3) is 0.929. The number of hydrogen-bond acceptors (Lipinski definition) is 3. The first-order valence-corrected chi connectivity index (χ1v) is 7.14. The van der Waals surface area contributed by atoms with Gasteiger partial charge >= 0.3 is 0 Å². The summed E-state index contributed by atoms with van der Waals surface area (Å²) in [5.74, 6) is 1.15. The van der Waals surface area contributed by atoms with Crippen LogP contribution in [0.2, 0.25) is 0 Å². The molecule has 4 nitrogen and oxygen atoms in total. The lowest BCUT2D eigenvalue weighted by atomic mass is 9.94. The minimum absolute atomic E-state index is 0. The van der Waals surface area contributed by atoms with Gasteiger partial charge in [-0.3, -0.25) is 4.79 Å². The van der Waals surface area contributed by atoms with Crippen LogP contribution in [-0.2, 0) is 4.79 Å². The highest BCUT2D eigenvalue weighted by molar-refractivity contribution is 5.85. The van der Waals surface area contributed by atoms with Gasteiger partial charge in [0.25, 0.3) is 0 Å². The highest BCUT2D eigenvalue weighted by Gasteiger charge is 2.28. The van der Waals surface area contributed by atoms with Crippen LogP contribution in [0.3, 0.4) is 0 Å². The quantitative estimate of drug-likeness (QED) is 0.837. The fourth-order valence-electron chi connectivity index (χ4n) is 2.56. The van der Waals surface area contributed by atoms with E-state index in [1.807, 2.05) is 4.90 Å². The predicted molar refractivity (Wildman–Crippen MR) is 82.5 cm³/mol. The summed E-state index contributed by atoms with van der Waals surface area (Å²) < 4.78 is 0. The van der Waals surface area contributed by atoms with Crippen LogP contribution in [0.5, 0.6) is 0 Å². The maximum Gasteiger partial charge on any atom is 0.239 e. The number of nitrogens with zero attached hydrogens (tertiary/aromatic N) is 2. The molecule has 1 saturated heterocycles. The van der Waals surface area contributed by atoms with E-state index in [0.717, 1.165) is 44.8 Å². The smallest absolute Gasteiger partial charge is 0.239 e. The molecule has 1 amide bonds. The van der Waals surface area contributed by atoms with Crippen LogP contribution in [0, 0.1) is 11.8 Å². The number of piperidine rings is 1. The van der Waals surface area contributed by atoms with Crippen molar-refractivity contribution in [3.05, 3.63) is 0 Å². The average Bonchev–Trinajstić information content (AvgIpc) is 2.36. The van der Waals surface area contributed by atoms with Gasteiger partial charge in [-0.25, -0.2) is 0 Å². The summed E-state index contributed by atoms with van der Waals surface area (Å²) in [7, 11) is 4.22. The summed E-state index contributed by atoms with van der Waals surface area (Å²) in [4.78, 5) is 16.4. The molecule has 1 aliphatic heterocycles. The van der Waals surface area contributed by atoms with Crippen molar-refractivity contribution in [3.63, 3.8) is 0 Å². The standard InChI is InChI=1S/C14H29N3O.ClH/c1-5-11(2)13(15)14(18)17-8-6-12(7-9-17)10-16(3)4;/h11-13H,5-10,15H2,1-4H3;1H. The van der Waals surface area contributed by atoms with Gasteiger partial charge in [0.05, 0.1) is 6.04 Å². The number of nitrogens with two attached hydrogens (primary N) is 1. The van der Waals surface area contributed by atoms with Crippen molar-refractivity contribution in [1.29, 1.82) is 0 Å². The third-order valence-corrected chi connectivity index (χ3v) is 4.09. The molecule has 0 aromatic heterocycles. The van der Waals surface area contributed by atoms with Gasteiger partial charge in [0, 0.05) is 19.6 Å². The second kappa shape index (κ2) is 8.77. The third-order valence-electron chi connectivity index (χ3n) is 4.09. The van der Waals surface area contributed by atoms with E-state index in [1.165, 1.54) is 0 Å². The van der Waals surface area contributed by atoms with Gasteiger partial charge in [0.15, 0.2) is 0 Å². The van der Waals surface area contributed by atoms with Gasteiger partial charge in [-0.15, -0.1) is 12.4 Å². The first-order chi connectivity index (χ1) is 8.45. The summed E-state index contributed by atoms with van der Waals surface area (Å²) in [5, 5.41) is 0. The molecule has 114 valence electrons. The van der Waals surface area contributed by atoms with Gasteiger partial charge in [-0.05, 0) is 38.8 Å². The Hall–Kier alpha value is -0.320. The second-order valence-electron chi connectivity index (χ2n) is 5.94. The molecule has 0 bridgehead atoms. The summed E-state index contributed by atoms with van der Waals surface area (Å²) >= 11 is 0. The van der Waals surface area contributed by atoms with Crippen molar-refractivity contribution in [3.8, 4) is 0 Å². The summed E-state index contributed by atoms with van der Waals surface area (Å²) in [5.41, 5.74) is 6.02. The molecule has 0 aromatic carbocycles. The molecular weight excluding hydrogens is 262 g/mol. The predicted octanol–water partition coefficient (Wildman–Crippen LogP) is 1.58. The molecule has 0 aliphatic carbocycles. The Balaban J connectivity index is 0.00000324. The van der Waals surface area contributed by atoms with E-state index in [1.54, 1.807) is 0 Å². The van der Waals surface area contributed by atoms with Gasteiger partial charge < -0.3 is 15.5 Å². The number of hydrogen-bond donors (Lipinski definition) is 1. The minimum Gasteiger partial charge on any atom is -0.341 e. The molecule has 0 saturated carbocycles. The van der Waals surface area contributed by atoms with Crippen LogP contribution in [0.1, 0.15) is 33.1 Å². The number of carbonyl (C=O) groups is 1. The molecule has 5 heteroatoms. The molecule has 1 fully saturated rings. The molecule has 2 atom stereocenters. The monoisotopic (exact) mass is 291 g/mol. The highest BCUT2D eigenvalue weighted by Crippen LogP contribution is 2.19. The van der Waals surface area contributed by atoms with Crippen molar-refractivity contribution >= 4 is 18.3 Å². The molecule has 1 aliphatic rings. The molecule has 2 N–H and O–H groups in total. The van der Waals surface area contributed by atoms with Crippen LogP contribution >= 0.6 is 12.4 Å². The molecule has 0 spiro atoms. The average molecular weight is 292 g/mol. The number of rotatable bonds is 5. The van der Waals surface area contributed by atoms with Crippen molar-refractivity contribution in [2.75, 3.05) is 33.7 Å². The molecule has 1 heterocycles. The zero-order chi connectivity index (χ0) is 13.7. The molecular formula is C14H30ClN3O. The lowest BCUT2D eigenvalue weighted by molar-refractivity contribution is -0.135. The molecule has 1 rings (SSSR count). The largest absolute Gasteiger partial charge is 0.341 e. The van der Waals surface area contributed by atoms with Crippen LogP contribution in [-0.4, -0.2) is 55.5 Å². The molecule has 19 heavy (non-hydrogen) atoms. The first kappa shape index (κ1) is 18.7. The number of carbonyl (C=O) groups excluding carboxylic acids is 1. The zero-order valence-electron chi connectivity index (χ0n) is 12.8. The molecule has 0 radical (unpaired) electrons. The van der Waals surface area contributed by atoms with Crippen LogP contribution < -0.4 is 5.73 Å². The Morgan fingerprint density at radius 1 is 1.37 bits per heavy atom. The first-order valence-electron chi connectivity index (χ1n) is 7.14.